The van der Waals surface area contributed by atoms with Crippen molar-refractivity contribution in [1.82, 2.24) is 20.1 Å². The van der Waals surface area contributed by atoms with E-state index in [0.29, 0.717) is 30.0 Å². The SMILES string of the molecule is COc1ccccc1-n1c(Cc2ccccc2)nnc1SCc1ccccc1C(=O)NCc1ccco1. The maximum Gasteiger partial charge on any atom is 0.251 e. The van der Waals surface area contributed by atoms with Crippen LogP contribution in [0.3, 0.4) is 0 Å². The average Bonchev–Trinajstić information content (AvgIpc) is 3.61. The van der Waals surface area contributed by atoms with Crippen LogP contribution in [0.15, 0.2) is 107 Å². The number of hydrogen-bond donors (Lipinski definition) is 1. The predicted octanol–water partition coefficient (Wildman–Crippen LogP) is 5.68. The lowest BCUT2D eigenvalue weighted by molar-refractivity contribution is 0.0947. The number of hydrogen-bond acceptors (Lipinski definition) is 6. The first kappa shape index (κ1) is 24.4. The molecule has 2 heterocycles. The van der Waals surface area contributed by atoms with Gasteiger partial charge in [0, 0.05) is 17.7 Å². The van der Waals surface area contributed by atoms with Gasteiger partial charge in [0.25, 0.3) is 5.91 Å². The smallest absolute Gasteiger partial charge is 0.251 e. The van der Waals surface area contributed by atoms with Gasteiger partial charge < -0.3 is 14.5 Å². The number of carbonyl (C=O) groups excluding carboxylic acids is 1. The Hall–Kier alpha value is -4.30. The van der Waals surface area contributed by atoms with E-state index in [2.05, 4.69) is 27.6 Å². The molecule has 0 aliphatic heterocycles. The van der Waals surface area contributed by atoms with E-state index in [-0.39, 0.29) is 5.91 Å². The van der Waals surface area contributed by atoms with Gasteiger partial charge in [0.15, 0.2) is 5.16 Å². The first-order valence-corrected chi connectivity index (χ1v) is 12.8. The van der Waals surface area contributed by atoms with Crippen molar-refractivity contribution < 1.29 is 13.9 Å². The first-order chi connectivity index (χ1) is 18.2. The number of rotatable bonds is 10. The highest BCUT2D eigenvalue weighted by Crippen LogP contribution is 2.31. The molecule has 2 aromatic heterocycles. The van der Waals surface area contributed by atoms with Crippen LogP contribution in [0.4, 0.5) is 0 Å². The van der Waals surface area contributed by atoms with Gasteiger partial charge in [-0.15, -0.1) is 10.2 Å². The summed E-state index contributed by atoms with van der Waals surface area (Å²) in [6.45, 7) is 0.332. The molecule has 0 unspecified atom stereocenters. The van der Waals surface area contributed by atoms with Crippen LogP contribution in [0.2, 0.25) is 0 Å². The summed E-state index contributed by atoms with van der Waals surface area (Å²) in [5, 5.41) is 12.7. The van der Waals surface area contributed by atoms with E-state index in [1.807, 2.05) is 77.4 Å². The standard InChI is InChI=1S/C29H26N4O3S/c1-35-26-16-8-7-15-25(26)33-27(18-21-10-3-2-4-11-21)31-32-29(33)37-20-22-12-5-6-14-24(22)28(34)30-19-23-13-9-17-36-23/h2-17H,18-20H2,1H3,(H,30,34). The minimum atomic E-state index is -0.149. The van der Waals surface area contributed by atoms with Gasteiger partial charge in [0.2, 0.25) is 0 Å². The number of para-hydroxylation sites is 2. The summed E-state index contributed by atoms with van der Waals surface area (Å²) in [6, 6.07) is 29.2. The van der Waals surface area contributed by atoms with E-state index in [0.717, 1.165) is 33.5 Å². The molecule has 5 aromatic rings. The Morgan fingerprint density at radius 3 is 2.54 bits per heavy atom. The Labute approximate surface area is 219 Å². The number of ether oxygens (including phenoxy) is 1. The minimum absolute atomic E-state index is 0.149. The number of thioether (sulfide) groups is 1. The van der Waals surface area contributed by atoms with Crippen molar-refractivity contribution in [2.45, 2.75) is 23.9 Å². The fourth-order valence-corrected chi connectivity index (χ4v) is 5.00. The molecule has 0 aliphatic carbocycles. The number of amides is 1. The summed E-state index contributed by atoms with van der Waals surface area (Å²) in [6.07, 6.45) is 2.22. The van der Waals surface area contributed by atoms with E-state index in [1.165, 1.54) is 11.8 Å². The third kappa shape index (κ3) is 5.76. The molecule has 0 atom stereocenters. The monoisotopic (exact) mass is 510 g/mol. The second kappa shape index (κ2) is 11.6. The summed E-state index contributed by atoms with van der Waals surface area (Å²) < 4.78 is 13.0. The van der Waals surface area contributed by atoms with Crippen LogP contribution in [0.5, 0.6) is 5.75 Å². The van der Waals surface area contributed by atoms with Gasteiger partial charge >= 0.3 is 0 Å². The van der Waals surface area contributed by atoms with Gasteiger partial charge in [-0.05, 0) is 41.5 Å². The molecule has 0 spiro atoms. The summed E-state index contributed by atoms with van der Waals surface area (Å²) in [5.41, 5.74) is 3.53. The normalized spacial score (nSPS) is 10.8. The zero-order chi connectivity index (χ0) is 25.5. The highest BCUT2D eigenvalue weighted by atomic mass is 32.2. The molecule has 1 amide bonds. The highest BCUT2D eigenvalue weighted by Gasteiger charge is 2.19. The molecule has 8 heteroatoms. The number of nitrogens with zero attached hydrogens (tertiary/aromatic N) is 3. The van der Waals surface area contributed by atoms with Crippen molar-refractivity contribution in [3.63, 3.8) is 0 Å². The van der Waals surface area contributed by atoms with Gasteiger partial charge in [0.05, 0.1) is 25.6 Å². The average molecular weight is 511 g/mol. The molecular formula is C29H26N4O3S. The molecule has 0 aliphatic rings. The maximum absolute atomic E-state index is 12.9. The van der Waals surface area contributed by atoms with Crippen molar-refractivity contribution in [3.05, 3.63) is 126 Å². The fourth-order valence-electron chi connectivity index (χ4n) is 4.03. The summed E-state index contributed by atoms with van der Waals surface area (Å²) in [7, 11) is 1.66. The summed E-state index contributed by atoms with van der Waals surface area (Å²) in [4.78, 5) is 12.9. The van der Waals surface area contributed by atoms with Crippen LogP contribution in [-0.4, -0.2) is 27.8 Å². The number of aromatic nitrogens is 3. The second-order valence-corrected chi connectivity index (χ2v) is 9.22. The molecule has 0 saturated heterocycles. The van der Waals surface area contributed by atoms with E-state index in [1.54, 1.807) is 19.4 Å². The van der Waals surface area contributed by atoms with Crippen LogP contribution in [0.1, 0.15) is 33.1 Å². The Balaban J connectivity index is 1.41. The summed E-state index contributed by atoms with van der Waals surface area (Å²) in [5.74, 6) is 2.64. The van der Waals surface area contributed by atoms with Gasteiger partial charge in [-0.1, -0.05) is 72.4 Å². The number of carbonyl (C=O) groups is 1. The van der Waals surface area contributed by atoms with Crippen molar-refractivity contribution in [2.75, 3.05) is 7.11 Å². The topological polar surface area (TPSA) is 82.2 Å². The van der Waals surface area contributed by atoms with Gasteiger partial charge in [-0.25, -0.2) is 0 Å². The Morgan fingerprint density at radius 1 is 0.946 bits per heavy atom. The molecule has 5 rings (SSSR count). The minimum Gasteiger partial charge on any atom is -0.495 e. The van der Waals surface area contributed by atoms with Crippen LogP contribution < -0.4 is 10.1 Å². The quantitative estimate of drug-likeness (QED) is 0.243. The first-order valence-electron chi connectivity index (χ1n) is 11.9. The van der Waals surface area contributed by atoms with Crippen LogP contribution in [0.25, 0.3) is 5.69 Å². The number of nitrogens with one attached hydrogen (secondary N) is 1. The van der Waals surface area contributed by atoms with Crippen LogP contribution in [0, 0.1) is 0 Å². The number of furan rings is 1. The number of methoxy groups -OCH3 is 1. The lowest BCUT2D eigenvalue weighted by Crippen LogP contribution is -2.23. The fraction of sp³-hybridized carbons (Fsp3) is 0.138. The molecule has 0 fully saturated rings. The predicted molar refractivity (Wildman–Crippen MR) is 143 cm³/mol. The second-order valence-electron chi connectivity index (χ2n) is 8.28. The molecule has 3 aromatic carbocycles. The van der Waals surface area contributed by atoms with E-state index in [9.17, 15) is 4.79 Å². The highest BCUT2D eigenvalue weighted by molar-refractivity contribution is 7.98. The van der Waals surface area contributed by atoms with E-state index < -0.39 is 0 Å². The zero-order valence-electron chi connectivity index (χ0n) is 20.3. The summed E-state index contributed by atoms with van der Waals surface area (Å²) >= 11 is 1.53. The van der Waals surface area contributed by atoms with Crippen molar-refractivity contribution in [2.24, 2.45) is 0 Å². The van der Waals surface area contributed by atoms with E-state index >= 15 is 0 Å². The van der Waals surface area contributed by atoms with Gasteiger partial charge in [-0.3, -0.25) is 9.36 Å². The molecule has 37 heavy (non-hydrogen) atoms. The number of benzene rings is 3. The molecular weight excluding hydrogens is 484 g/mol. The molecule has 1 N–H and O–H groups in total. The molecule has 186 valence electrons. The van der Waals surface area contributed by atoms with Crippen LogP contribution >= 0.6 is 11.8 Å². The molecule has 0 bridgehead atoms. The van der Waals surface area contributed by atoms with Crippen molar-refractivity contribution >= 4 is 17.7 Å². The Kier molecular flexibility index (Phi) is 7.66. The van der Waals surface area contributed by atoms with Crippen LogP contribution in [-0.2, 0) is 18.7 Å². The molecule has 0 radical (unpaired) electrons. The Bertz CT molecular complexity index is 1470. The van der Waals surface area contributed by atoms with Crippen molar-refractivity contribution in [3.8, 4) is 11.4 Å². The Morgan fingerprint density at radius 2 is 1.73 bits per heavy atom. The largest absolute Gasteiger partial charge is 0.495 e. The molecule has 7 nitrogen and oxygen atoms in total. The third-order valence-electron chi connectivity index (χ3n) is 5.85. The van der Waals surface area contributed by atoms with Gasteiger partial charge in [0.1, 0.15) is 17.3 Å². The van der Waals surface area contributed by atoms with Gasteiger partial charge in [-0.2, -0.15) is 0 Å². The molecule has 0 saturated carbocycles. The zero-order valence-corrected chi connectivity index (χ0v) is 21.2. The third-order valence-corrected chi connectivity index (χ3v) is 6.83. The lowest BCUT2D eigenvalue weighted by Gasteiger charge is -2.14. The lowest BCUT2D eigenvalue weighted by atomic mass is 10.1. The van der Waals surface area contributed by atoms with Crippen molar-refractivity contribution in [1.29, 1.82) is 0 Å². The maximum atomic E-state index is 12.9. The van der Waals surface area contributed by atoms with E-state index in [4.69, 9.17) is 9.15 Å².